The van der Waals surface area contributed by atoms with E-state index in [0.717, 1.165) is 35.8 Å². The number of benzene rings is 2. The van der Waals surface area contributed by atoms with Crippen LogP contribution in [0.5, 0.6) is 0 Å². The highest BCUT2D eigenvalue weighted by atomic mass is 35.5. The molecular formula is C24H21ClF3N3O. The van der Waals surface area contributed by atoms with Crippen LogP contribution in [-0.4, -0.2) is 15.9 Å². The standard InChI is InChI=1S/C24H21ClF3N3O/c1-21(2)22(3)10-11-23(21,19-18(22)29-15-6-4-5-7-16(15)30-19)20(32)31-17-12-13(24(26,27)28)8-9-14(17)25/h4-9,12H,10-11H2,1-3H3,(H,31,32). The molecule has 2 aliphatic carbocycles. The smallest absolute Gasteiger partial charge is 0.324 e. The lowest BCUT2D eigenvalue weighted by atomic mass is 9.63. The monoisotopic (exact) mass is 459 g/mol. The molecule has 4 nitrogen and oxygen atoms in total. The van der Waals surface area contributed by atoms with Crippen LogP contribution in [0.25, 0.3) is 11.0 Å². The topological polar surface area (TPSA) is 54.9 Å². The zero-order valence-electron chi connectivity index (χ0n) is 17.8. The average molecular weight is 460 g/mol. The number of halogens is 4. The Labute approximate surface area is 188 Å². The Kier molecular flexibility index (Phi) is 4.26. The summed E-state index contributed by atoms with van der Waals surface area (Å²) >= 11 is 6.16. The number of fused-ring (bicyclic) bond motifs is 6. The van der Waals surface area contributed by atoms with Crippen molar-refractivity contribution in [3.8, 4) is 0 Å². The van der Waals surface area contributed by atoms with Crippen molar-refractivity contribution in [2.45, 2.75) is 50.6 Å². The summed E-state index contributed by atoms with van der Waals surface area (Å²) in [5, 5.41) is 2.75. The van der Waals surface area contributed by atoms with Gasteiger partial charge in [-0.1, -0.05) is 44.5 Å². The Hall–Kier alpha value is -2.67. The molecule has 32 heavy (non-hydrogen) atoms. The maximum atomic E-state index is 13.8. The number of nitrogens with one attached hydrogen (secondary N) is 1. The zero-order valence-corrected chi connectivity index (χ0v) is 18.5. The van der Waals surface area contributed by atoms with Gasteiger partial charge in [0.25, 0.3) is 0 Å². The number of carbonyl (C=O) groups is 1. The van der Waals surface area contributed by atoms with Crippen LogP contribution in [0.3, 0.4) is 0 Å². The minimum Gasteiger partial charge on any atom is -0.324 e. The van der Waals surface area contributed by atoms with E-state index in [0.29, 0.717) is 17.6 Å². The van der Waals surface area contributed by atoms with Crippen molar-refractivity contribution >= 4 is 34.2 Å². The van der Waals surface area contributed by atoms with E-state index in [2.05, 4.69) is 12.2 Å². The first kappa shape index (κ1) is 21.2. The first-order valence-electron chi connectivity index (χ1n) is 10.4. The third-order valence-electron chi connectivity index (χ3n) is 7.87. The van der Waals surface area contributed by atoms with Crippen molar-refractivity contribution in [2.24, 2.45) is 5.41 Å². The van der Waals surface area contributed by atoms with Gasteiger partial charge in [-0.2, -0.15) is 13.2 Å². The fourth-order valence-corrected chi connectivity index (χ4v) is 5.74. The van der Waals surface area contributed by atoms with E-state index in [9.17, 15) is 18.0 Å². The molecule has 1 aromatic heterocycles. The number of amides is 1. The molecule has 2 aliphatic rings. The van der Waals surface area contributed by atoms with E-state index in [1.165, 1.54) is 0 Å². The summed E-state index contributed by atoms with van der Waals surface area (Å²) in [5.74, 6) is -0.407. The Morgan fingerprint density at radius 3 is 2.25 bits per heavy atom. The third-order valence-corrected chi connectivity index (χ3v) is 8.20. The highest BCUT2D eigenvalue weighted by Gasteiger charge is 2.73. The lowest BCUT2D eigenvalue weighted by molar-refractivity contribution is -0.137. The number of anilines is 1. The number of hydrogen-bond donors (Lipinski definition) is 1. The van der Waals surface area contributed by atoms with Gasteiger partial charge in [-0.05, 0) is 48.6 Å². The van der Waals surface area contributed by atoms with Crippen molar-refractivity contribution < 1.29 is 18.0 Å². The van der Waals surface area contributed by atoms with Gasteiger partial charge in [-0.25, -0.2) is 9.97 Å². The summed E-state index contributed by atoms with van der Waals surface area (Å²) in [6, 6.07) is 10.4. The van der Waals surface area contributed by atoms with Gasteiger partial charge in [-0.15, -0.1) is 0 Å². The van der Waals surface area contributed by atoms with Crippen molar-refractivity contribution in [2.75, 3.05) is 5.32 Å². The van der Waals surface area contributed by atoms with Gasteiger partial charge >= 0.3 is 6.18 Å². The lowest BCUT2D eigenvalue weighted by Gasteiger charge is -2.39. The van der Waals surface area contributed by atoms with Gasteiger partial charge < -0.3 is 5.32 Å². The van der Waals surface area contributed by atoms with E-state index < -0.39 is 33.9 Å². The SMILES string of the molecule is CC12CCC(C(=O)Nc3cc(C(F)(F)F)ccc3Cl)(c3nc4ccccc4nc31)C2(C)C. The predicted octanol–water partition coefficient (Wildman–Crippen LogP) is 6.27. The zero-order chi connectivity index (χ0) is 23.1. The number of para-hydroxylation sites is 2. The van der Waals surface area contributed by atoms with Gasteiger partial charge in [0, 0.05) is 5.41 Å². The van der Waals surface area contributed by atoms with Crippen LogP contribution in [-0.2, 0) is 21.8 Å². The maximum Gasteiger partial charge on any atom is 0.416 e. The summed E-state index contributed by atoms with van der Waals surface area (Å²) in [4.78, 5) is 23.6. The summed E-state index contributed by atoms with van der Waals surface area (Å²) in [5.41, 5.74) is -0.0869. The Bertz CT molecular complexity index is 1290. The molecule has 0 aliphatic heterocycles. The Morgan fingerprint density at radius 2 is 1.62 bits per heavy atom. The maximum absolute atomic E-state index is 13.8. The molecule has 8 heteroatoms. The van der Waals surface area contributed by atoms with Crippen LogP contribution in [0, 0.1) is 5.41 Å². The predicted molar refractivity (Wildman–Crippen MR) is 117 cm³/mol. The molecule has 166 valence electrons. The molecule has 0 saturated heterocycles. The first-order valence-corrected chi connectivity index (χ1v) is 10.8. The second-order valence-corrected chi connectivity index (χ2v) is 9.83. The fourth-order valence-electron chi connectivity index (χ4n) is 5.58. The van der Waals surface area contributed by atoms with Crippen molar-refractivity contribution in [1.82, 2.24) is 9.97 Å². The second kappa shape index (κ2) is 6.44. The molecule has 1 heterocycles. The number of nitrogens with zero attached hydrogens (tertiary/aromatic N) is 2. The molecule has 2 aromatic carbocycles. The number of hydrogen-bond acceptors (Lipinski definition) is 3. The Balaban J connectivity index is 1.66. The Morgan fingerprint density at radius 1 is 1.00 bits per heavy atom. The molecule has 2 atom stereocenters. The average Bonchev–Trinajstić information content (AvgIpc) is 3.02. The molecule has 2 unspecified atom stereocenters. The van der Waals surface area contributed by atoms with E-state index in [4.69, 9.17) is 21.6 Å². The van der Waals surface area contributed by atoms with Crippen molar-refractivity contribution in [3.05, 3.63) is 64.4 Å². The van der Waals surface area contributed by atoms with Crippen molar-refractivity contribution in [3.63, 3.8) is 0 Å². The molecule has 0 spiro atoms. The van der Waals surface area contributed by atoms with E-state index in [1.54, 1.807) is 0 Å². The van der Waals surface area contributed by atoms with Gasteiger partial charge in [0.05, 0.1) is 44.1 Å². The highest BCUT2D eigenvalue weighted by molar-refractivity contribution is 6.33. The number of carbonyl (C=O) groups excluding carboxylic acids is 1. The molecule has 5 rings (SSSR count). The lowest BCUT2D eigenvalue weighted by Crippen LogP contribution is -2.48. The molecule has 2 bridgehead atoms. The minimum absolute atomic E-state index is 0.0455. The van der Waals surface area contributed by atoms with Gasteiger partial charge in [0.2, 0.25) is 5.91 Å². The fraction of sp³-hybridized carbons (Fsp3) is 0.375. The van der Waals surface area contributed by atoms with E-state index in [1.807, 2.05) is 38.1 Å². The summed E-state index contributed by atoms with van der Waals surface area (Å²) in [6.45, 7) is 6.12. The molecule has 3 aromatic rings. The molecule has 0 radical (unpaired) electrons. The molecule has 1 saturated carbocycles. The third kappa shape index (κ3) is 2.54. The summed E-state index contributed by atoms with van der Waals surface area (Å²) in [7, 11) is 0. The highest BCUT2D eigenvalue weighted by Crippen LogP contribution is 2.70. The quantitative estimate of drug-likeness (QED) is 0.491. The van der Waals surface area contributed by atoms with Gasteiger partial charge in [0.1, 0.15) is 0 Å². The van der Waals surface area contributed by atoms with Gasteiger partial charge in [0.15, 0.2) is 0 Å². The largest absolute Gasteiger partial charge is 0.416 e. The normalized spacial score (nSPS) is 25.7. The van der Waals surface area contributed by atoms with E-state index >= 15 is 0 Å². The molecule has 1 N–H and O–H groups in total. The second-order valence-electron chi connectivity index (χ2n) is 9.42. The molecule has 1 fully saturated rings. The van der Waals surface area contributed by atoms with Crippen LogP contribution in [0.4, 0.5) is 18.9 Å². The van der Waals surface area contributed by atoms with Crippen LogP contribution in [0.15, 0.2) is 42.5 Å². The minimum atomic E-state index is -4.54. The van der Waals surface area contributed by atoms with Crippen LogP contribution in [0.1, 0.15) is 50.6 Å². The number of alkyl halides is 3. The van der Waals surface area contributed by atoms with E-state index in [-0.39, 0.29) is 10.7 Å². The molecule has 1 amide bonds. The number of aromatic nitrogens is 2. The summed E-state index contributed by atoms with van der Waals surface area (Å²) in [6.07, 6.45) is -3.29. The van der Waals surface area contributed by atoms with Crippen LogP contribution in [0.2, 0.25) is 5.02 Å². The van der Waals surface area contributed by atoms with Gasteiger partial charge in [-0.3, -0.25) is 4.79 Å². The first-order chi connectivity index (χ1) is 14.9. The van der Waals surface area contributed by atoms with Crippen LogP contribution < -0.4 is 5.32 Å². The summed E-state index contributed by atoms with van der Waals surface area (Å²) < 4.78 is 39.7. The van der Waals surface area contributed by atoms with Crippen LogP contribution >= 0.6 is 11.6 Å². The molecular weight excluding hydrogens is 439 g/mol. The van der Waals surface area contributed by atoms with Crippen molar-refractivity contribution in [1.29, 1.82) is 0 Å². The number of rotatable bonds is 2.